The Balaban J connectivity index is 2.19. The third kappa shape index (κ3) is 3.25. The van der Waals surface area contributed by atoms with Gasteiger partial charge in [-0.25, -0.2) is 4.79 Å². The highest BCUT2D eigenvalue weighted by Crippen LogP contribution is 2.21. The number of benzene rings is 2. The van der Waals surface area contributed by atoms with Crippen molar-refractivity contribution in [2.75, 3.05) is 13.6 Å². The van der Waals surface area contributed by atoms with Gasteiger partial charge in [0.2, 0.25) is 0 Å². The number of aryl methyl sites for hydroxylation is 1. The van der Waals surface area contributed by atoms with Crippen molar-refractivity contribution in [3.63, 3.8) is 0 Å². The standard InChI is InChI=1S/C16H20N2O/c1-3-12-7-8-13-5-4-6-14(15(13)11-12)9-10-18-16(19)17-2/h4-8,11H,3,9-10H2,1-2H3,(H2,17,18,19). The zero-order valence-electron chi connectivity index (χ0n) is 11.5. The largest absolute Gasteiger partial charge is 0.341 e. The Labute approximate surface area is 114 Å². The average molecular weight is 256 g/mol. The van der Waals surface area contributed by atoms with Gasteiger partial charge in [0.15, 0.2) is 0 Å². The Bertz CT molecular complexity index is 578. The van der Waals surface area contributed by atoms with Crippen LogP contribution in [0.3, 0.4) is 0 Å². The molecular weight excluding hydrogens is 236 g/mol. The number of rotatable bonds is 4. The van der Waals surface area contributed by atoms with E-state index >= 15 is 0 Å². The van der Waals surface area contributed by atoms with E-state index in [1.807, 2.05) is 0 Å². The quantitative estimate of drug-likeness (QED) is 0.867. The fraction of sp³-hybridized carbons (Fsp3) is 0.312. The Kier molecular flexibility index (Phi) is 4.39. The monoisotopic (exact) mass is 256 g/mol. The summed E-state index contributed by atoms with van der Waals surface area (Å²) in [6.45, 7) is 2.81. The molecule has 2 aromatic carbocycles. The van der Waals surface area contributed by atoms with E-state index in [1.54, 1.807) is 7.05 Å². The predicted octanol–water partition coefficient (Wildman–Crippen LogP) is 2.87. The second-order valence-corrected chi connectivity index (χ2v) is 4.58. The summed E-state index contributed by atoms with van der Waals surface area (Å²) in [7, 11) is 1.63. The number of hydrogen-bond acceptors (Lipinski definition) is 1. The van der Waals surface area contributed by atoms with Gasteiger partial charge < -0.3 is 10.6 Å². The minimum atomic E-state index is -0.130. The summed E-state index contributed by atoms with van der Waals surface area (Å²) in [6.07, 6.45) is 1.89. The molecule has 2 aromatic rings. The lowest BCUT2D eigenvalue weighted by atomic mass is 9.99. The third-order valence-electron chi connectivity index (χ3n) is 3.35. The molecule has 0 bridgehead atoms. The molecule has 2 amide bonds. The van der Waals surface area contributed by atoms with E-state index < -0.39 is 0 Å². The molecule has 0 fully saturated rings. The van der Waals surface area contributed by atoms with Gasteiger partial charge in [-0.1, -0.05) is 43.3 Å². The van der Waals surface area contributed by atoms with Crippen LogP contribution in [0.5, 0.6) is 0 Å². The maximum atomic E-state index is 11.1. The predicted molar refractivity (Wildman–Crippen MR) is 79.5 cm³/mol. The normalized spacial score (nSPS) is 10.4. The number of carbonyl (C=O) groups excluding carboxylic acids is 1. The van der Waals surface area contributed by atoms with E-state index in [2.05, 4.69) is 54.0 Å². The fourth-order valence-electron chi connectivity index (χ4n) is 2.22. The molecule has 0 radical (unpaired) electrons. The highest BCUT2D eigenvalue weighted by molar-refractivity contribution is 5.86. The van der Waals surface area contributed by atoms with E-state index in [0.29, 0.717) is 6.54 Å². The summed E-state index contributed by atoms with van der Waals surface area (Å²) in [4.78, 5) is 11.1. The van der Waals surface area contributed by atoms with Gasteiger partial charge >= 0.3 is 6.03 Å². The van der Waals surface area contributed by atoms with Crippen LogP contribution in [-0.4, -0.2) is 19.6 Å². The molecule has 3 nitrogen and oxygen atoms in total. The fourth-order valence-corrected chi connectivity index (χ4v) is 2.22. The van der Waals surface area contributed by atoms with Crippen LogP contribution in [0.4, 0.5) is 4.79 Å². The van der Waals surface area contributed by atoms with Crippen LogP contribution in [0.1, 0.15) is 18.1 Å². The molecule has 2 N–H and O–H groups in total. The maximum Gasteiger partial charge on any atom is 0.314 e. The van der Waals surface area contributed by atoms with E-state index in [1.165, 1.54) is 21.9 Å². The molecule has 0 aliphatic heterocycles. The van der Waals surface area contributed by atoms with E-state index in [9.17, 15) is 4.79 Å². The smallest absolute Gasteiger partial charge is 0.314 e. The van der Waals surface area contributed by atoms with Gasteiger partial charge in [-0.3, -0.25) is 0 Å². The number of urea groups is 1. The molecule has 0 saturated carbocycles. The minimum Gasteiger partial charge on any atom is -0.341 e. The molecule has 0 aliphatic rings. The average Bonchev–Trinajstić information content (AvgIpc) is 2.46. The van der Waals surface area contributed by atoms with Crippen LogP contribution in [0.15, 0.2) is 36.4 Å². The first-order valence-corrected chi connectivity index (χ1v) is 6.70. The van der Waals surface area contributed by atoms with Crippen molar-refractivity contribution in [1.29, 1.82) is 0 Å². The lowest BCUT2D eigenvalue weighted by Gasteiger charge is -2.09. The van der Waals surface area contributed by atoms with Crippen molar-refractivity contribution >= 4 is 16.8 Å². The molecular formula is C16H20N2O. The number of amides is 2. The van der Waals surface area contributed by atoms with Crippen LogP contribution in [0, 0.1) is 0 Å². The van der Waals surface area contributed by atoms with Crippen LogP contribution in [-0.2, 0) is 12.8 Å². The number of nitrogens with one attached hydrogen (secondary N) is 2. The lowest BCUT2D eigenvalue weighted by molar-refractivity contribution is 0.243. The van der Waals surface area contributed by atoms with Crippen LogP contribution in [0.25, 0.3) is 10.8 Å². The number of carbonyl (C=O) groups is 1. The summed E-state index contributed by atoms with van der Waals surface area (Å²) in [5, 5.41) is 7.93. The van der Waals surface area contributed by atoms with Crippen molar-refractivity contribution in [2.45, 2.75) is 19.8 Å². The third-order valence-corrected chi connectivity index (χ3v) is 3.35. The first-order valence-electron chi connectivity index (χ1n) is 6.70. The number of hydrogen-bond donors (Lipinski definition) is 2. The van der Waals surface area contributed by atoms with E-state index in [-0.39, 0.29) is 6.03 Å². The second-order valence-electron chi connectivity index (χ2n) is 4.58. The zero-order valence-corrected chi connectivity index (χ0v) is 11.5. The Hall–Kier alpha value is -2.03. The molecule has 3 heteroatoms. The van der Waals surface area contributed by atoms with E-state index in [0.717, 1.165) is 12.8 Å². The Morgan fingerprint density at radius 2 is 2.05 bits per heavy atom. The molecule has 0 aliphatic carbocycles. The molecule has 0 heterocycles. The van der Waals surface area contributed by atoms with Crippen LogP contribution < -0.4 is 10.6 Å². The molecule has 0 saturated heterocycles. The summed E-state index contributed by atoms with van der Waals surface area (Å²) in [6, 6.07) is 12.8. The summed E-state index contributed by atoms with van der Waals surface area (Å²) >= 11 is 0. The van der Waals surface area contributed by atoms with Gasteiger partial charge in [-0.15, -0.1) is 0 Å². The molecule has 19 heavy (non-hydrogen) atoms. The van der Waals surface area contributed by atoms with Gasteiger partial charge in [0.1, 0.15) is 0 Å². The lowest BCUT2D eigenvalue weighted by Crippen LogP contribution is -2.34. The molecule has 2 rings (SSSR count). The minimum absolute atomic E-state index is 0.130. The first-order chi connectivity index (χ1) is 9.24. The summed E-state index contributed by atoms with van der Waals surface area (Å²) in [5.74, 6) is 0. The van der Waals surface area contributed by atoms with Gasteiger partial charge in [-0.05, 0) is 34.7 Å². The van der Waals surface area contributed by atoms with Crippen molar-refractivity contribution in [1.82, 2.24) is 10.6 Å². The molecule has 0 aromatic heterocycles. The van der Waals surface area contributed by atoms with Crippen molar-refractivity contribution in [2.24, 2.45) is 0 Å². The van der Waals surface area contributed by atoms with Crippen LogP contribution >= 0.6 is 0 Å². The van der Waals surface area contributed by atoms with Gasteiger partial charge in [0.25, 0.3) is 0 Å². The molecule has 0 unspecified atom stereocenters. The Morgan fingerprint density at radius 1 is 1.21 bits per heavy atom. The van der Waals surface area contributed by atoms with Crippen molar-refractivity contribution < 1.29 is 4.79 Å². The highest BCUT2D eigenvalue weighted by Gasteiger charge is 2.03. The zero-order chi connectivity index (χ0) is 13.7. The second kappa shape index (κ2) is 6.23. The van der Waals surface area contributed by atoms with Gasteiger partial charge in [0.05, 0.1) is 0 Å². The number of fused-ring (bicyclic) bond motifs is 1. The SMILES string of the molecule is CCc1ccc2cccc(CCNC(=O)NC)c2c1. The highest BCUT2D eigenvalue weighted by atomic mass is 16.2. The van der Waals surface area contributed by atoms with Crippen molar-refractivity contribution in [3.8, 4) is 0 Å². The molecule has 0 spiro atoms. The van der Waals surface area contributed by atoms with Gasteiger partial charge in [-0.2, -0.15) is 0 Å². The first kappa shape index (κ1) is 13.4. The van der Waals surface area contributed by atoms with Gasteiger partial charge in [0, 0.05) is 13.6 Å². The summed E-state index contributed by atoms with van der Waals surface area (Å²) < 4.78 is 0. The Morgan fingerprint density at radius 3 is 2.79 bits per heavy atom. The maximum absolute atomic E-state index is 11.1. The summed E-state index contributed by atoms with van der Waals surface area (Å²) in [5.41, 5.74) is 2.63. The topological polar surface area (TPSA) is 41.1 Å². The molecule has 100 valence electrons. The van der Waals surface area contributed by atoms with Crippen LogP contribution in [0.2, 0.25) is 0 Å². The molecule has 0 atom stereocenters. The van der Waals surface area contributed by atoms with Crippen molar-refractivity contribution in [3.05, 3.63) is 47.5 Å². The van der Waals surface area contributed by atoms with E-state index in [4.69, 9.17) is 0 Å².